The third kappa shape index (κ3) is 5.21. The second-order valence-corrected chi connectivity index (χ2v) is 10.5. The van der Waals surface area contributed by atoms with Gasteiger partial charge in [-0.3, -0.25) is 19.5 Å². The van der Waals surface area contributed by atoms with Gasteiger partial charge in [-0.25, -0.2) is 9.79 Å². The Morgan fingerprint density at radius 2 is 1.93 bits per heavy atom. The minimum atomic E-state index is -1.01. The van der Waals surface area contributed by atoms with Crippen LogP contribution in [0.4, 0.5) is 5.69 Å². The molecule has 11 nitrogen and oxygen atoms in total. The number of fused-ring (bicyclic) bond motifs is 1. The fraction of sp³-hybridized carbons (Fsp3) is 0.207. The number of hydrogen-bond acceptors (Lipinski definition) is 10. The molecule has 42 heavy (non-hydrogen) atoms. The van der Waals surface area contributed by atoms with Crippen molar-refractivity contribution in [2.24, 2.45) is 4.99 Å². The number of aromatic nitrogens is 1. The number of thiazole rings is 1. The van der Waals surface area contributed by atoms with Gasteiger partial charge in [0.2, 0.25) is 0 Å². The second-order valence-electron chi connectivity index (χ2n) is 9.04. The molecule has 0 saturated heterocycles. The molecule has 0 radical (unpaired) electrons. The van der Waals surface area contributed by atoms with E-state index in [1.165, 1.54) is 37.0 Å². The quantitative estimate of drug-likeness (QED) is 0.160. The van der Waals surface area contributed by atoms with Gasteiger partial charge in [0.25, 0.3) is 11.2 Å². The number of hydrogen-bond donors (Lipinski definition) is 0. The first-order valence-electron chi connectivity index (χ1n) is 12.6. The van der Waals surface area contributed by atoms with E-state index in [-0.39, 0.29) is 40.0 Å². The number of nitrogens with zero attached hydrogens (tertiary/aromatic N) is 3. The Hall–Kier alpha value is -4.68. The standard InChI is InChI=1S/C29H24ClN3O8S/c1-5-40-28(35)25-15(2)31-29-32(27(34)24(42-29)13-16-6-9-21(38-3)23(12-16)39-4)26(25)22-11-10-20(41-22)18-14-17(33(36)37)7-8-19(18)30/h6-14,26H,5H2,1-4H3/b24-13-/t26-/m1/s1. The highest BCUT2D eigenvalue weighted by Gasteiger charge is 2.35. The van der Waals surface area contributed by atoms with Gasteiger partial charge in [-0.1, -0.05) is 29.0 Å². The molecule has 0 N–H and O–H groups in total. The highest BCUT2D eigenvalue weighted by Crippen LogP contribution is 2.37. The van der Waals surface area contributed by atoms with Crippen molar-refractivity contribution in [1.82, 2.24) is 4.57 Å². The van der Waals surface area contributed by atoms with Crippen molar-refractivity contribution in [3.8, 4) is 22.8 Å². The SMILES string of the molecule is CCOC(=O)C1=C(C)N=c2s/c(=C\c3ccc(OC)c(OC)c3)c(=O)n2[C@@H]1c1ccc(-c2cc([N+](=O)[O-])ccc2Cl)o1. The molecule has 2 aromatic carbocycles. The number of methoxy groups -OCH3 is 2. The van der Waals surface area contributed by atoms with Gasteiger partial charge in [-0.15, -0.1) is 0 Å². The van der Waals surface area contributed by atoms with Crippen molar-refractivity contribution in [3.63, 3.8) is 0 Å². The van der Waals surface area contributed by atoms with Gasteiger partial charge in [-0.05, 0) is 55.8 Å². The minimum Gasteiger partial charge on any atom is -0.493 e. The van der Waals surface area contributed by atoms with E-state index >= 15 is 0 Å². The predicted octanol–water partition coefficient (Wildman–Crippen LogP) is 4.64. The Kier molecular flexibility index (Phi) is 8.01. The molecule has 0 unspecified atom stereocenters. The average molecular weight is 610 g/mol. The van der Waals surface area contributed by atoms with Gasteiger partial charge >= 0.3 is 5.97 Å². The molecule has 3 heterocycles. The van der Waals surface area contributed by atoms with Gasteiger partial charge < -0.3 is 18.6 Å². The lowest BCUT2D eigenvalue weighted by Crippen LogP contribution is -2.39. The zero-order valence-corrected chi connectivity index (χ0v) is 24.4. The molecule has 5 rings (SSSR count). The van der Waals surface area contributed by atoms with Crippen LogP contribution in [0.15, 0.2) is 74.0 Å². The maximum absolute atomic E-state index is 13.9. The zero-order chi connectivity index (χ0) is 30.1. The molecule has 4 aromatic rings. The van der Waals surface area contributed by atoms with Crippen LogP contribution in [0.2, 0.25) is 5.02 Å². The summed E-state index contributed by atoms with van der Waals surface area (Å²) in [6.07, 6.45) is 1.70. The van der Waals surface area contributed by atoms with Gasteiger partial charge in [-0.2, -0.15) is 0 Å². The van der Waals surface area contributed by atoms with Crippen LogP contribution in [-0.4, -0.2) is 36.3 Å². The van der Waals surface area contributed by atoms with E-state index in [9.17, 15) is 19.7 Å². The maximum Gasteiger partial charge on any atom is 0.338 e. The maximum atomic E-state index is 13.9. The molecule has 0 aliphatic carbocycles. The molecule has 2 aromatic heterocycles. The summed E-state index contributed by atoms with van der Waals surface area (Å²) in [6.45, 7) is 3.45. The lowest BCUT2D eigenvalue weighted by molar-refractivity contribution is -0.384. The summed E-state index contributed by atoms with van der Waals surface area (Å²) in [7, 11) is 3.06. The molecule has 0 spiro atoms. The number of carbonyl (C=O) groups excluding carboxylic acids is 1. The number of non-ortho nitro benzene ring substituents is 1. The van der Waals surface area contributed by atoms with Crippen LogP contribution in [0.25, 0.3) is 17.4 Å². The third-order valence-electron chi connectivity index (χ3n) is 6.54. The number of nitro benzene ring substituents is 1. The molecule has 0 saturated carbocycles. The summed E-state index contributed by atoms with van der Waals surface area (Å²) in [4.78, 5) is 42.8. The van der Waals surface area contributed by atoms with E-state index in [1.807, 2.05) is 0 Å². The number of carbonyl (C=O) groups is 1. The number of allylic oxidation sites excluding steroid dienone is 1. The second kappa shape index (κ2) is 11.7. The van der Waals surface area contributed by atoms with Crippen molar-refractivity contribution in [2.45, 2.75) is 19.9 Å². The molecule has 0 fully saturated rings. The number of halogens is 1. The Balaban J connectivity index is 1.68. The van der Waals surface area contributed by atoms with Crippen molar-refractivity contribution in [2.75, 3.05) is 20.8 Å². The Labute approximate surface area is 247 Å². The summed E-state index contributed by atoms with van der Waals surface area (Å²) in [5.41, 5.74) is 0.905. The molecular weight excluding hydrogens is 586 g/mol. The molecular formula is C29H24ClN3O8S. The van der Waals surface area contributed by atoms with Crippen molar-refractivity contribution in [1.29, 1.82) is 0 Å². The fourth-order valence-electron chi connectivity index (χ4n) is 4.61. The largest absolute Gasteiger partial charge is 0.493 e. The normalized spacial score (nSPS) is 14.8. The molecule has 0 bridgehead atoms. The van der Waals surface area contributed by atoms with E-state index in [1.54, 1.807) is 50.3 Å². The lowest BCUT2D eigenvalue weighted by atomic mass is 10.0. The minimum absolute atomic E-state index is 0.110. The van der Waals surface area contributed by atoms with E-state index in [0.717, 1.165) is 11.3 Å². The van der Waals surface area contributed by atoms with Crippen LogP contribution < -0.4 is 24.4 Å². The smallest absolute Gasteiger partial charge is 0.338 e. The van der Waals surface area contributed by atoms with Gasteiger partial charge in [0.15, 0.2) is 16.3 Å². The number of rotatable bonds is 8. The van der Waals surface area contributed by atoms with Crippen molar-refractivity contribution in [3.05, 3.63) is 106 Å². The molecule has 0 amide bonds. The van der Waals surface area contributed by atoms with Crippen LogP contribution >= 0.6 is 22.9 Å². The molecule has 1 aliphatic rings. The van der Waals surface area contributed by atoms with E-state index < -0.39 is 22.5 Å². The average Bonchev–Trinajstić information content (AvgIpc) is 3.57. The van der Waals surface area contributed by atoms with Crippen molar-refractivity contribution >= 4 is 40.7 Å². The summed E-state index contributed by atoms with van der Waals surface area (Å²) < 4.78 is 23.9. The monoisotopic (exact) mass is 609 g/mol. The third-order valence-corrected chi connectivity index (χ3v) is 7.86. The first-order chi connectivity index (χ1) is 20.2. The predicted molar refractivity (Wildman–Crippen MR) is 156 cm³/mol. The van der Waals surface area contributed by atoms with E-state index in [0.29, 0.717) is 32.1 Å². The zero-order valence-electron chi connectivity index (χ0n) is 22.9. The van der Waals surface area contributed by atoms with Crippen LogP contribution in [0.3, 0.4) is 0 Å². The van der Waals surface area contributed by atoms with Crippen LogP contribution in [0.1, 0.15) is 31.2 Å². The number of esters is 1. The van der Waals surface area contributed by atoms with E-state index in [4.69, 9.17) is 30.2 Å². The van der Waals surface area contributed by atoms with E-state index in [2.05, 4.69) is 4.99 Å². The van der Waals surface area contributed by atoms with Crippen LogP contribution in [-0.2, 0) is 9.53 Å². The van der Waals surface area contributed by atoms with Gasteiger partial charge in [0.1, 0.15) is 17.6 Å². The molecule has 1 aliphatic heterocycles. The topological polar surface area (TPSA) is 135 Å². The number of furan rings is 1. The molecule has 216 valence electrons. The summed E-state index contributed by atoms with van der Waals surface area (Å²) in [5.74, 6) is 0.848. The highest BCUT2D eigenvalue weighted by molar-refractivity contribution is 7.07. The summed E-state index contributed by atoms with van der Waals surface area (Å²) >= 11 is 7.50. The number of ether oxygens (including phenoxy) is 3. The Morgan fingerprint density at radius 3 is 2.62 bits per heavy atom. The molecule has 13 heteroatoms. The first-order valence-corrected chi connectivity index (χ1v) is 13.8. The first kappa shape index (κ1) is 28.8. The fourth-order valence-corrected chi connectivity index (χ4v) is 5.87. The van der Waals surface area contributed by atoms with Crippen LogP contribution in [0.5, 0.6) is 11.5 Å². The highest BCUT2D eigenvalue weighted by atomic mass is 35.5. The lowest BCUT2D eigenvalue weighted by Gasteiger charge is -2.22. The molecule has 1 atom stereocenters. The number of benzene rings is 2. The van der Waals surface area contributed by atoms with Gasteiger partial charge in [0, 0.05) is 17.7 Å². The number of nitro groups is 1. The summed E-state index contributed by atoms with van der Waals surface area (Å²) in [5, 5.41) is 11.6. The van der Waals surface area contributed by atoms with Gasteiger partial charge in [0.05, 0.1) is 46.6 Å². The summed E-state index contributed by atoms with van der Waals surface area (Å²) in [6, 6.07) is 11.4. The Morgan fingerprint density at radius 1 is 1.17 bits per heavy atom. The van der Waals surface area contributed by atoms with Crippen molar-refractivity contribution < 1.29 is 28.3 Å². The van der Waals surface area contributed by atoms with Crippen LogP contribution in [0, 0.1) is 10.1 Å². The Bertz CT molecular complexity index is 1940.